The first kappa shape index (κ1) is 16.0. The molecule has 0 radical (unpaired) electrons. The van der Waals surface area contributed by atoms with Crippen molar-refractivity contribution in [2.24, 2.45) is 0 Å². The summed E-state index contributed by atoms with van der Waals surface area (Å²) in [6.45, 7) is 3.72. The van der Waals surface area contributed by atoms with Crippen molar-refractivity contribution in [1.82, 2.24) is 0 Å². The summed E-state index contributed by atoms with van der Waals surface area (Å²) in [5, 5.41) is 0. The van der Waals surface area contributed by atoms with Crippen LogP contribution in [0.15, 0.2) is 36.4 Å². The van der Waals surface area contributed by atoms with Gasteiger partial charge in [-0.15, -0.1) is 0 Å². The number of alkyl halides is 4. The Kier molecular flexibility index (Phi) is 4.42. The fourth-order valence-electron chi connectivity index (χ4n) is 2.16. The highest BCUT2D eigenvalue weighted by Gasteiger charge is 2.35. The van der Waals surface area contributed by atoms with E-state index in [1.54, 1.807) is 0 Å². The van der Waals surface area contributed by atoms with Gasteiger partial charge in [0.15, 0.2) is 0 Å². The minimum Gasteiger partial charge on any atom is -0.206 e. The predicted octanol–water partition coefficient (Wildman–Crippen LogP) is 5.95. The molecule has 0 saturated carbocycles. The maximum absolute atomic E-state index is 14.2. The number of aryl methyl sites for hydroxylation is 2. The van der Waals surface area contributed by atoms with Crippen molar-refractivity contribution in [3.8, 4) is 0 Å². The molecule has 0 spiro atoms. The molecule has 0 N–H and O–H groups in total. The Balaban J connectivity index is 2.54. The van der Waals surface area contributed by atoms with E-state index < -0.39 is 22.4 Å². The first-order chi connectivity index (χ1) is 9.71. The molecule has 1 unspecified atom stereocenters. The molecule has 0 saturated heterocycles. The number of hydrogen-bond donors (Lipinski definition) is 0. The Morgan fingerprint density at radius 3 is 2.29 bits per heavy atom. The summed E-state index contributed by atoms with van der Waals surface area (Å²) < 4.78 is 52.5. The summed E-state index contributed by atoms with van der Waals surface area (Å²) in [7, 11) is 0. The molecule has 0 fully saturated rings. The minimum atomic E-state index is -4.70. The second-order valence-corrected chi connectivity index (χ2v) is 5.84. The van der Waals surface area contributed by atoms with E-state index in [0.717, 1.165) is 22.8 Å². The monoisotopic (exact) mass is 360 g/mol. The Morgan fingerprint density at radius 2 is 1.67 bits per heavy atom. The summed E-state index contributed by atoms with van der Waals surface area (Å²) in [6, 6.07) is 8.95. The van der Waals surface area contributed by atoms with Crippen molar-refractivity contribution in [2.75, 3.05) is 0 Å². The zero-order valence-electron chi connectivity index (χ0n) is 11.4. The third kappa shape index (κ3) is 3.28. The standard InChI is InChI=1S/C16H13BrF4/c1-9-6-7-10(2)12(8-9)14(17)11-4-3-5-13(15(11)18)16(19,20)21/h3-8,14H,1-2H3. The van der Waals surface area contributed by atoms with Gasteiger partial charge < -0.3 is 0 Å². The molecule has 2 rings (SSSR count). The average molecular weight is 361 g/mol. The zero-order chi connectivity index (χ0) is 15.8. The second-order valence-electron chi connectivity index (χ2n) is 4.93. The maximum atomic E-state index is 14.2. The maximum Gasteiger partial charge on any atom is 0.419 e. The van der Waals surface area contributed by atoms with Crippen molar-refractivity contribution in [2.45, 2.75) is 24.9 Å². The Labute approximate surface area is 128 Å². The zero-order valence-corrected chi connectivity index (χ0v) is 13.0. The van der Waals surface area contributed by atoms with Gasteiger partial charge in [-0.25, -0.2) is 4.39 Å². The molecule has 0 aliphatic rings. The van der Waals surface area contributed by atoms with Crippen LogP contribution in [0.4, 0.5) is 17.6 Å². The van der Waals surface area contributed by atoms with Crippen LogP contribution >= 0.6 is 15.9 Å². The molecule has 2 aromatic carbocycles. The van der Waals surface area contributed by atoms with Crippen molar-refractivity contribution < 1.29 is 17.6 Å². The van der Waals surface area contributed by atoms with Gasteiger partial charge in [-0.05, 0) is 31.0 Å². The quantitative estimate of drug-likeness (QED) is 0.458. The fraction of sp³-hybridized carbons (Fsp3) is 0.250. The topological polar surface area (TPSA) is 0 Å². The lowest BCUT2D eigenvalue weighted by Gasteiger charge is -2.17. The van der Waals surface area contributed by atoms with Crippen LogP contribution in [0.3, 0.4) is 0 Å². The lowest BCUT2D eigenvalue weighted by Crippen LogP contribution is -2.11. The summed E-state index contributed by atoms with van der Waals surface area (Å²) in [6.07, 6.45) is -4.70. The van der Waals surface area contributed by atoms with Crippen LogP contribution in [-0.4, -0.2) is 0 Å². The lowest BCUT2D eigenvalue weighted by atomic mass is 9.97. The molecule has 0 bridgehead atoms. The minimum absolute atomic E-state index is 0.0153. The fourth-order valence-corrected chi connectivity index (χ4v) is 3.01. The highest BCUT2D eigenvalue weighted by Crippen LogP contribution is 2.39. The summed E-state index contributed by atoms with van der Waals surface area (Å²) >= 11 is 3.32. The van der Waals surface area contributed by atoms with Crippen molar-refractivity contribution in [3.63, 3.8) is 0 Å². The van der Waals surface area contributed by atoms with Crippen LogP contribution < -0.4 is 0 Å². The molecular formula is C16H13BrF4. The van der Waals surface area contributed by atoms with E-state index in [0.29, 0.717) is 0 Å². The normalized spacial score (nSPS) is 13.3. The number of benzene rings is 2. The van der Waals surface area contributed by atoms with Crippen LogP contribution in [0.1, 0.15) is 32.6 Å². The summed E-state index contributed by atoms with van der Waals surface area (Å²) in [4.78, 5) is -0.625. The molecule has 0 amide bonds. The highest BCUT2D eigenvalue weighted by molar-refractivity contribution is 9.09. The molecule has 0 nitrogen and oxygen atoms in total. The Hall–Kier alpha value is -1.36. The smallest absolute Gasteiger partial charge is 0.206 e. The van der Waals surface area contributed by atoms with E-state index in [4.69, 9.17) is 0 Å². The van der Waals surface area contributed by atoms with E-state index in [1.165, 1.54) is 12.1 Å². The molecule has 112 valence electrons. The van der Waals surface area contributed by atoms with Gasteiger partial charge in [0.1, 0.15) is 5.82 Å². The molecule has 5 heteroatoms. The van der Waals surface area contributed by atoms with Crippen LogP contribution in [0.5, 0.6) is 0 Å². The first-order valence-corrected chi connectivity index (χ1v) is 7.20. The van der Waals surface area contributed by atoms with Gasteiger partial charge in [-0.1, -0.05) is 51.8 Å². The van der Waals surface area contributed by atoms with Crippen LogP contribution in [0, 0.1) is 19.7 Å². The summed E-state index contributed by atoms with van der Waals surface area (Å²) in [5.41, 5.74) is 1.35. The largest absolute Gasteiger partial charge is 0.419 e. The van der Waals surface area contributed by atoms with E-state index in [9.17, 15) is 17.6 Å². The van der Waals surface area contributed by atoms with Crippen molar-refractivity contribution in [3.05, 3.63) is 70.0 Å². The number of rotatable bonds is 2. The van der Waals surface area contributed by atoms with Crippen LogP contribution in [0.25, 0.3) is 0 Å². The molecule has 0 aromatic heterocycles. The molecule has 2 aromatic rings. The summed E-state index contributed by atoms with van der Waals surface area (Å²) in [5.74, 6) is -1.23. The van der Waals surface area contributed by atoms with Crippen molar-refractivity contribution in [1.29, 1.82) is 0 Å². The third-order valence-electron chi connectivity index (χ3n) is 3.31. The molecule has 0 aliphatic carbocycles. The van der Waals surface area contributed by atoms with Gasteiger partial charge in [0, 0.05) is 5.56 Å². The number of hydrogen-bond acceptors (Lipinski definition) is 0. The van der Waals surface area contributed by atoms with Gasteiger partial charge in [0.25, 0.3) is 0 Å². The van der Waals surface area contributed by atoms with Gasteiger partial charge in [-0.3, -0.25) is 0 Å². The Morgan fingerprint density at radius 1 is 1.00 bits per heavy atom. The van der Waals surface area contributed by atoms with Gasteiger partial charge in [-0.2, -0.15) is 13.2 Å². The predicted molar refractivity (Wildman–Crippen MR) is 78.1 cm³/mol. The molecule has 0 aliphatic heterocycles. The van der Waals surface area contributed by atoms with Gasteiger partial charge in [0.05, 0.1) is 10.4 Å². The third-order valence-corrected chi connectivity index (χ3v) is 4.30. The molecule has 0 heterocycles. The van der Waals surface area contributed by atoms with E-state index in [2.05, 4.69) is 15.9 Å². The number of halogens is 5. The highest BCUT2D eigenvalue weighted by atomic mass is 79.9. The molecular weight excluding hydrogens is 348 g/mol. The average Bonchev–Trinajstić information content (AvgIpc) is 2.39. The van der Waals surface area contributed by atoms with Crippen LogP contribution in [0.2, 0.25) is 0 Å². The van der Waals surface area contributed by atoms with E-state index >= 15 is 0 Å². The lowest BCUT2D eigenvalue weighted by molar-refractivity contribution is -0.140. The molecule has 21 heavy (non-hydrogen) atoms. The SMILES string of the molecule is Cc1ccc(C)c(C(Br)c2cccc(C(F)(F)F)c2F)c1. The molecule has 1 atom stereocenters. The van der Waals surface area contributed by atoms with Crippen molar-refractivity contribution >= 4 is 15.9 Å². The second kappa shape index (κ2) is 5.79. The Bertz CT molecular complexity index is 662. The first-order valence-electron chi connectivity index (χ1n) is 6.28. The van der Waals surface area contributed by atoms with E-state index in [-0.39, 0.29) is 5.56 Å². The van der Waals surface area contributed by atoms with Gasteiger partial charge in [0.2, 0.25) is 0 Å². The van der Waals surface area contributed by atoms with E-state index in [1.807, 2.05) is 32.0 Å². The van der Waals surface area contributed by atoms with Crippen LogP contribution in [-0.2, 0) is 6.18 Å². The van der Waals surface area contributed by atoms with Gasteiger partial charge >= 0.3 is 6.18 Å².